The lowest BCUT2D eigenvalue weighted by Crippen LogP contribution is -2.24. The van der Waals surface area contributed by atoms with Crippen molar-refractivity contribution in [3.05, 3.63) is 16.7 Å². The zero-order valence-electron chi connectivity index (χ0n) is 9.76. The molecule has 3 heterocycles. The highest BCUT2D eigenvalue weighted by molar-refractivity contribution is 5.69. The number of rotatable bonds is 2. The Kier molecular flexibility index (Phi) is 2.73. The molecule has 1 aliphatic heterocycles. The van der Waals surface area contributed by atoms with Crippen molar-refractivity contribution in [3.8, 4) is 0 Å². The highest BCUT2D eigenvalue weighted by Gasteiger charge is 2.35. The molecule has 9 nitrogen and oxygen atoms in total. The molecule has 0 radical (unpaired) electrons. The van der Waals surface area contributed by atoms with Gasteiger partial charge >= 0.3 is 5.63 Å². The van der Waals surface area contributed by atoms with Gasteiger partial charge in [0.05, 0.1) is 19.0 Å². The molecule has 0 spiro atoms. The number of aliphatic hydroxyl groups excluding tert-OH is 2. The number of nitrogens with two attached hydrogens (primary N) is 1. The monoisotopic (exact) mass is 268 g/mol. The lowest BCUT2D eigenvalue weighted by atomic mass is 10.2. The van der Waals surface area contributed by atoms with E-state index in [0.717, 1.165) is 0 Å². The number of imidazole rings is 1. The molecule has 1 unspecified atom stereocenters. The summed E-state index contributed by atoms with van der Waals surface area (Å²) in [6.45, 7) is -0.290. The van der Waals surface area contributed by atoms with Gasteiger partial charge in [0.15, 0.2) is 11.2 Å². The van der Waals surface area contributed by atoms with Gasteiger partial charge in [-0.15, -0.1) is 0 Å². The Morgan fingerprint density at radius 1 is 1.58 bits per heavy atom. The second kappa shape index (κ2) is 4.30. The number of ether oxygens (including phenoxy) is 1. The van der Waals surface area contributed by atoms with Gasteiger partial charge in [0.1, 0.15) is 12.3 Å². The first kappa shape index (κ1) is 12.1. The molecular weight excluding hydrogens is 256 g/mol. The van der Waals surface area contributed by atoms with Crippen LogP contribution >= 0.6 is 0 Å². The molecule has 19 heavy (non-hydrogen) atoms. The largest absolute Gasteiger partial charge is 0.394 e. The average molecular weight is 268 g/mol. The van der Waals surface area contributed by atoms with Crippen LogP contribution < -0.4 is 11.4 Å². The Balaban J connectivity index is 2.05. The highest BCUT2D eigenvalue weighted by Crippen LogP contribution is 2.30. The standard InChI is InChI=1S/C10H12N4O5/c11-10-13-8-7(9(17)19-10)12-3-14(8)6-1-4(16)5(2-15)18-6/h3-6,15-16H,1-2H2,(H2,11,13)/t4?,5-,6-/m1/s1. The van der Waals surface area contributed by atoms with Crippen LogP contribution in [0.3, 0.4) is 0 Å². The minimum atomic E-state index is -0.787. The Morgan fingerprint density at radius 2 is 2.37 bits per heavy atom. The predicted molar refractivity (Wildman–Crippen MR) is 62.1 cm³/mol. The third kappa shape index (κ3) is 1.87. The van der Waals surface area contributed by atoms with Gasteiger partial charge in [0.25, 0.3) is 6.01 Å². The first-order valence-corrected chi connectivity index (χ1v) is 5.67. The molecule has 0 bridgehead atoms. The fourth-order valence-electron chi connectivity index (χ4n) is 2.14. The van der Waals surface area contributed by atoms with Crippen LogP contribution in [-0.4, -0.2) is 43.6 Å². The van der Waals surface area contributed by atoms with Crippen molar-refractivity contribution in [2.45, 2.75) is 24.9 Å². The first-order chi connectivity index (χ1) is 9.10. The van der Waals surface area contributed by atoms with E-state index in [4.69, 9.17) is 15.6 Å². The molecule has 9 heteroatoms. The summed E-state index contributed by atoms with van der Waals surface area (Å²) in [5.74, 6) is 0. The fourth-order valence-corrected chi connectivity index (χ4v) is 2.14. The van der Waals surface area contributed by atoms with E-state index >= 15 is 0 Å². The normalized spacial score (nSPS) is 27.2. The van der Waals surface area contributed by atoms with Crippen LogP contribution in [0.2, 0.25) is 0 Å². The molecule has 0 aromatic carbocycles. The average Bonchev–Trinajstić information content (AvgIpc) is 2.92. The van der Waals surface area contributed by atoms with Crippen molar-refractivity contribution in [1.29, 1.82) is 0 Å². The molecule has 2 aromatic heterocycles. The lowest BCUT2D eigenvalue weighted by Gasteiger charge is -2.13. The second-order valence-electron chi connectivity index (χ2n) is 4.28. The number of aliphatic hydroxyl groups is 2. The van der Waals surface area contributed by atoms with Crippen LogP contribution in [0.4, 0.5) is 6.01 Å². The van der Waals surface area contributed by atoms with Crippen LogP contribution in [0.5, 0.6) is 0 Å². The van der Waals surface area contributed by atoms with Gasteiger partial charge in [-0.1, -0.05) is 0 Å². The first-order valence-electron chi connectivity index (χ1n) is 5.67. The molecule has 0 amide bonds. The number of aromatic nitrogens is 3. The predicted octanol–water partition coefficient (Wildman–Crippen LogP) is -1.39. The van der Waals surface area contributed by atoms with E-state index in [1.807, 2.05) is 0 Å². The van der Waals surface area contributed by atoms with E-state index in [0.29, 0.717) is 0 Å². The molecular formula is C10H12N4O5. The quantitative estimate of drug-likeness (QED) is 0.605. The zero-order valence-corrected chi connectivity index (χ0v) is 9.76. The molecule has 2 aromatic rings. The molecule has 1 fully saturated rings. The zero-order chi connectivity index (χ0) is 13.6. The molecule has 3 atom stereocenters. The Morgan fingerprint density at radius 3 is 3.05 bits per heavy atom. The van der Waals surface area contributed by atoms with E-state index in [1.54, 1.807) is 0 Å². The van der Waals surface area contributed by atoms with E-state index in [9.17, 15) is 9.90 Å². The van der Waals surface area contributed by atoms with E-state index in [-0.39, 0.29) is 30.2 Å². The minimum absolute atomic E-state index is 0.0414. The number of fused-ring (bicyclic) bond motifs is 1. The van der Waals surface area contributed by atoms with E-state index < -0.39 is 24.1 Å². The molecule has 3 rings (SSSR count). The van der Waals surface area contributed by atoms with Crippen molar-refractivity contribution in [1.82, 2.24) is 14.5 Å². The SMILES string of the molecule is Nc1nc2c(ncn2[C@H]2CC(O)[C@@H](CO)O2)c(=O)o1. The summed E-state index contributed by atoms with van der Waals surface area (Å²) in [6.07, 6.45) is -0.389. The van der Waals surface area contributed by atoms with Crippen molar-refractivity contribution in [2.75, 3.05) is 12.3 Å². The number of nitrogens with zero attached hydrogens (tertiary/aromatic N) is 3. The van der Waals surface area contributed by atoms with Crippen molar-refractivity contribution >= 4 is 17.2 Å². The maximum absolute atomic E-state index is 11.5. The number of hydrogen-bond acceptors (Lipinski definition) is 8. The van der Waals surface area contributed by atoms with Gasteiger partial charge in [-0.05, 0) is 0 Å². The van der Waals surface area contributed by atoms with E-state index in [2.05, 4.69) is 14.4 Å². The third-order valence-electron chi connectivity index (χ3n) is 3.07. The van der Waals surface area contributed by atoms with Crippen LogP contribution in [0.15, 0.2) is 15.5 Å². The number of hydrogen-bond donors (Lipinski definition) is 3. The minimum Gasteiger partial charge on any atom is -0.394 e. The second-order valence-corrected chi connectivity index (χ2v) is 4.28. The fraction of sp³-hybridized carbons (Fsp3) is 0.500. The summed E-state index contributed by atoms with van der Waals surface area (Å²) >= 11 is 0. The topological polar surface area (TPSA) is 137 Å². The molecule has 1 saturated heterocycles. The van der Waals surface area contributed by atoms with Crippen molar-refractivity contribution < 1.29 is 19.4 Å². The van der Waals surface area contributed by atoms with Gasteiger partial charge in [0.2, 0.25) is 0 Å². The Bertz CT molecular complexity index is 665. The number of anilines is 1. The van der Waals surface area contributed by atoms with Crippen molar-refractivity contribution in [2.24, 2.45) is 0 Å². The Hall–Kier alpha value is -1.97. The summed E-state index contributed by atoms with van der Waals surface area (Å²) in [5.41, 5.74) is 4.97. The van der Waals surface area contributed by atoms with Gasteiger partial charge in [-0.2, -0.15) is 4.98 Å². The smallest absolute Gasteiger partial charge is 0.368 e. The van der Waals surface area contributed by atoms with Gasteiger partial charge in [-0.3, -0.25) is 4.57 Å². The van der Waals surface area contributed by atoms with Crippen LogP contribution in [-0.2, 0) is 4.74 Å². The molecule has 0 aliphatic carbocycles. The van der Waals surface area contributed by atoms with Gasteiger partial charge in [-0.25, -0.2) is 9.78 Å². The summed E-state index contributed by atoms with van der Waals surface area (Å²) in [7, 11) is 0. The third-order valence-corrected chi connectivity index (χ3v) is 3.07. The van der Waals surface area contributed by atoms with Crippen LogP contribution in [0, 0.1) is 0 Å². The molecule has 0 saturated carbocycles. The molecule has 102 valence electrons. The molecule has 1 aliphatic rings. The maximum Gasteiger partial charge on any atom is 0.368 e. The molecule has 4 N–H and O–H groups in total. The van der Waals surface area contributed by atoms with Gasteiger partial charge < -0.3 is 25.1 Å². The maximum atomic E-state index is 11.5. The summed E-state index contributed by atoms with van der Waals surface area (Å²) in [5, 5.41) is 18.7. The number of nitrogen functional groups attached to an aromatic ring is 1. The van der Waals surface area contributed by atoms with E-state index in [1.165, 1.54) is 10.9 Å². The lowest BCUT2D eigenvalue weighted by molar-refractivity contribution is -0.0432. The summed E-state index contributed by atoms with van der Waals surface area (Å²) < 4.78 is 11.6. The van der Waals surface area contributed by atoms with Crippen molar-refractivity contribution in [3.63, 3.8) is 0 Å². The summed E-state index contributed by atoms with van der Waals surface area (Å²) in [4.78, 5) is 19.3. The Labute approximate surface area is 106 Å². The van der Waals surface area contributed by atoms with Crippen LogP contribution in [0.25, 0.3) is 11.2 Å². The van der Waals surface area contributed by atoms with Gasteiger partial charge in [0, 0.05) is 6.42 Å². The highest BCUT2D eigenvalue weighted by atomic mass is 16.5. The summed E-state index contributed by atoms with van der Waals surface area (Å²) in [6, 6.07) is -0.267. The van der Waals surface area contributed by atoms with Crippen LogP contribution in [0.1, 0.15) is 12.6 Å².